The molecule has 1 unspecified atom stereocenters. The summed E-state index contributed by atoms with van der Waals surface area (Å²) in [6.07, 6.45) is 0.592. The van der Waals surface area contributed by atoms with E-state index in [1.165, 1.54) is 11.1 Å². The van der Waals surface area contributed by atoms with Crippen LogP contribution in [0.15, 0.2) is 24.3 Å². The van der Waals surface area contributed by atoms with E-state index in [1.54, 1.807) is 0 Å². The molecule has 2 heteroatoms. The van der Waals surface area contributed by atoms with Crippen molar-refractivity contribution < 1.29 is 4.39 Å². The van der Waals surface area contributed by atoms with E-state index in [0.717, 1.165) is 6.54 Å². The van der Waals surface area contributed by atoms with Crippen LogP contribution in [0.1, 0.15) is 37.4 Å². The molecule has 0 aliphatic carbocycles. The average molecular weight is 223 g/mol. The summed E-state index contributed by atoms with van der Waals surface area (Å²) in [6, 6.07) is 8.73. The highest BCUT2D eigenvalue weighted by Crippen LogP contribution is 2.24. The molecule has 1 aromatic carbocycles. The topological polar surface area (TPSA) is 12.0 Å². The van der Waals surface area contributed by atoms with Gasteiger partial charge in [-0.25, -0.2) is 0 Å². The molecule has 0 saturated heterocycles. The Hall–Kier alpha value is -0.890. The van der Waals surface area contributed by atoms with Crippen LogP contribution in [0.2, 0.25) is 0 Å². The largest absolute Gasteiger partial charge is 0.310 e. The van der Waals surface area contributed by atoms with E-state index in [9.17, 15) is 4.39 Å². The number of aryl methyl sites for hydroxylation is 1. The zero-order valence-electron chi connectivity index (χ0n) is 10.5. The molecular formula is C14H22FN. The van der Waals surface area contributed by atoms with Crippen LogP contribution in [0.25, 0.3) is 0 Å². The third kappa shape index (κ3) is 3.60. The molecule has 0 bridgehead atoms. The zero-order chi connectivity index (χ0) is 12.0. The molecular weight excluding hydrogens is 201 g/mol. The summed E-state index contributed by atoms with van der Waals surface area (Å²) in [5.41, 5.74) is 2.63. The number of hydrogen-bond donors (Lipinski definition) is 1. The quantitative estimate of drug-likeness (QED) is 0.726. The van der Waals surface area contributed by atoms with Crippen molar-refractivity contribution in [2.75, 3.05) is 13.2 Å². The SMILES string of the molecule is Cc1ccccc1C(NCCCF)C(C)C. The Morgan fingerprint density at radius 2 is 1.94 bits per heavy atom. The van der Waals surface area contributed by atoms with Gasteiger partial charge in [0.15, 0.2) is 0 Å². The van der Waals surface area contributed by atoms with Gasteiger partial charge in [0.2, 0.25) is 0 Å². The Labute approximate surface area is 98.1 Å². The van der Waals surface area contributed by atoms with Gasteiger partial charge in [-0.3, -0.25) is 4.39 Å². The predicted octanol–water partition coefficient (Wildman–Crippen LogP) is 3.64. The van der Waals surface area contributed by atoms with Crippen molar-refractivity contribution in [1.82, 2.24) is 5.32 Å². The molecule has 1 atom stereocenters. The van der Waals surface area contributed by atoms with Gasteiger partial charge in [0, 0.05) is 6.04 Å². The van der Waals surface area contributed by atoms with E-state index >= 15 is 0 Å². The van der Waals surface area contributed by atoms with E-state index in [4.69, 9.17) is 0 Å². The summed E-state index contributed by atoms with van der Waals surface area (Å²) >= 11 is 0. The van der Waals surface area contributed by atoms with Crippen molar-refractivity contribution in [3.63, 3.8) is 0 Å². The number of rotatable bonds is 6. The van der Waals surface area contributed by atoms with E-state index in [2.05, 4.69) is 50.4 Å². The van der Waals surface area contributed by atoms with E-state index in [0.29, 0.717) is 18.4 Å². The zero-order valence-corrected chi connectivity index (χ0v) is 10.5. The monoisotopic (exact) mass is 223 g/mol. The molecule has 0 heterocycles. The maximum atomic E-state index is 12.1. The van der Waals surface area contributed by atoms with Crippen molar-refractivity contribution in [3.05, 3.63) is 35.4 Å². The fourth-order valence-electron chi connectivity index (χ4n) is 1.96. The lowest BCUT2D eigenvalue weighted by molar-refractivity contribution is 0.386. The number of benzene rings is 1. The molecule has 1 aromatic rings. The summed E-state index contributed by atoms with van der Waals surface area (Å²) in [5.74, 6) is 0.515. The highest BCUT2D eigenvalue weighted by Gasteiger charge is 2.16. The second kappa shape index (κ2) is 6.64. The number of halogens is 1. The molecule has 0 aromatic heterocycles. The molecule has 1 nitrogen and oxygen atoms in total. The highest BCUT2D eigenvalue weighted by molar-refractivity contribution is 5.29. The predicted molar refractivity (Wildman–Crippen MR) is 67.4 cm³/mol. The maximum Gasteiger partial charge on any atom is 0.0906 e. The average Bonchev–Trinajstić information content (AvgIpc) is 2.25. The van der Waals surface area contributed by atoms with E-state index < -0.39 is 0 Å². The minimum absolute atomic E-state index is 0.244. The number of alkyl halides is 1. The van der Waals surface area contributed by atoms with Crippen LogP contribution >= 0.6 is 0 Å². The first-order chi connectivity index (χ1) is 7.66. The maximum absolute atomic E-state index is 12.1. The van der Waals surface area contributed by atoms with Gasteiger partial charge in [0.05, 0.1) is 6.67 Å². The van der Waals surface area contributed by atoms with Crippen LogP contribution in [0.4, 0.5) is 4.39 Å². The Morgan fingerprint density at radius 3 is 2.50 bits per heavy atom. The van der Waals surface area contributed by atoms with Gasteiger partial charge in [0.25, 0.3) is 0 Å². The van der Waals surface area contributed by atoms with E-state index in [1.807, 2.05) is 0 Å². The van der Waals surface area contributed by atoms with Crippen LogP contribution < -0.4 is 5.32 Å². The van der Waals surface area contributed by atoms with Crippen LogP contribution in [-0.4, -0.2) is 13.2 Å². The minimum atomic E-state index is -0.244. The van der Waals surface area contributed by atoms with Gasteiger partial charge in [-0.1, -0.05) is 38.1 Å². The molecule has 0 radical (unpaired) electrons. The fraction of sp³-hybridized carbons (Fsp3) is 0.571. The van der Waals surface area contributed by atoms with Crippen molar-refractivity contribution in [1.29, 1.82) is 0 Å². The highest BCUT2D eigenvalue weighted by atomic mass is 19.1. The Kier molecular flexibility index (Phi) is 5.47. The van der Waals surface area contributed by atoms with Crippen molar-refractivity contribution in [3.8, 4) is 0 Å². The van der Waals surface area contributed by atoms with Crippen molar-refractivity contribution >= 4 is 0 Å². The van der Waals surface area contributed by atoms with E-state index in [-0.39, 0.29) is 6.67 Å². The summed E-state index contributed by atoms with van der Waals surface area (Å²) < 4.78 is 12.1. The second-order valence-electron chi connectivity index (χ2n) is 4.57. The Morgan fingerprint density at radius 1 is 1.25 bits per heavy atom. The van der Waals surface area contributed by atoms with Crippen LogP contribution in [0, 0.1) is 12.8 Å². The molecule has 0 saturated carbocycles. The summed E-state index contributed by atoms with van der Waals surface area (Å²) in [7, 11) is 0. The normalized spacial score (nSPS) is 13.1. The molecule has 0 amide bonds. The molecule has 0 spiro atoms. The lowest BCUT2D eigenvalue weighted by atomic mass is 9.92. The Bertz CT molecular complexity index is 309. The van der Waals surface area contributed by atoms with Gasteiger partial charge in [-0.05, 0) is 36.9 Å². The lowest BCUT2D eigenvalue weighted by Gasteiger charge is -2.24. The molecule has 16 heavy (non-hydrogen) atoms. The smallest absolute Gasteiger partial charge is 0.0906 e. The van der Waals surface area contributed by atoms with Gasteiger partial charge in [0.1, 0.15) is 0 Å². The first-order valence-corrected chi connectivity index (χ1v) is 6.01. The van der Waals surface area contributed by atoms with Crippen LogP contribution in [0.3, 0.4) is 0 Å². The summed E-state index contributed by atoms with van der Waals surface area (Å²) in [6.45, 7) is 7.01. The first kappa shape index (κ1) is 13.2. The Balaban J connectivity index is 2.74. The molecule has 0 aliphatic rings. The van der Waals surface area contributed by atoms with Crippen LogP contribution in [-0.2, 0) is 0 Å². The third-order valence-corrected chi connectivity index (χ3v) is 2.86. The number of nitrogens with one attached hydrogen (secondary N) is 1. The lowest BCUT2D eigenvalue weighted by Crippen LogP contribution is -2.27. The number of hydrogen-bond acceptors (Lipinski definition) is 1. The molecule has 1 N–H and O–H groups in total. The fourth-order valence-corrected chi connectivity index (χ4v) is 1.96. The van der Waals surface area contributed by atoms with Crippen molar-refractivity contribution in [2.24, 2.45) is 5.92 Å². The molecule has 0 aliphatic heterocycles. The molecule has 0 fully saturated rings. The minimum Gasteiger partial charge on any atom is -0.310 e. The summed E-state index contributed by atoms with van der Waals surface area (Å²) in [4.78, 5) is 0. The first-order valence-electron chi connectivity index (χ1n) is 6.01. The summed E-state index contributed by atoms with van der Waals surface area (Å²) in [5, 5.41) is 3.44. The van der Waals surface area contributed by atoms with Gasteiger partial charge in [-0.2, -0.15) is 0 Å². The van der Waals surface area contributed by atoms with Crippen molar-refractivity contribution in [2.45, 2.75) is 33.2 Å². The van der Waals surface area contributed by atoms with Gasteiger partial charge in [-0.15, -0.1) is 0 Å². The molecule has 90 valence electrons. The molecule has 1 rings (SSSR count). The third-order valence-electron chi connectivity index (χ3n) is 2.86. The standard InChI is InChI=1S/C14H22FN/c1-11(2)14(16-10-6-9-15)13-8-5-4-7-12(13)3/h4-5,7-8,11,14,16H,6,9-10H2,1-3H3. The van der Waals surface area contributed by atoms with Crippen LogP contribution in [0.5, 0.6) is 0 Å². The van der Waals surface area contributed by atoms with Gasteiger partial charge >= 0.3 is 0 Å². The van der Waals surface area contributed by atoms with Gasteiger partial charge < -0.3 is 5.32 Å². The second-order valence-corrected chi connectivity index (χ2v) is 4.57.